The molecule has 1 fully saturated rings. The zero-order valence-corrected chi connectivity index (χ0v) is 8.79. The Balaban J connectivity index is 2.63. The van der Waals surface area contributed by atoms with Crippen molar-refractivity contribution in [2.45, 2.75) is 29.3 Å². The van der Waals surface area contributed by atoms with Crippen LogP contribution in [0.25, 0.3) is 0 Å². The molecule has 0 aromatic heterocycles. The standard InChI is InChI=1S/C6H13AsO5/c7-3-5(10)4(9)2(1-8)12-6(3)11/h2-6,8-11H,1,7H2/t2-,3-,4-,5-,6+/m1/s1. The van der Waals surface area contributed by atoms with E-state index in [4.69, 9.17) is 9.84 Å². The minimum absolute atomic E-state index is 0.408. The molecule has 0 spiro atoms. The quantitative estimate of drug-likeness (QED) is 0.363. The molecule has 0 aliphatic carbocycles. The van der Waals surface area contributed by atoms with Crippen molar-refractivity contribution >= 4 is 16.9 Å². The Labute approximate surface area is 78.5 Å². The van der Waals surface area contributed by atoms with E-state index in [1.165, 1.54) is 0 Å². The molecule has 1 unspecified atom stereocenters. The molecule has 0 radical (unpaired) electrons. The van der Waals surface area contributed by atoms with Gasteiger partial charge in [0.05, 0.1) is 0 Å². The van der Waals surface area contributed by atoms with E-state index >= 15 is 0 Å². The van der Waals surface area contributed by atoms with Crippen molar-refractivity contribution in [2.75, 3.05) is 6.61 Å². The SMILES string of the molecule is OC[C@H]1O[C@H](O)[C@H]([AsH2])[C@@H](O)[C@@H]1O. The second-order valence-electron chi connectivity index (χ2n) is 2.81. The summed E-state index contributed by atoms with van der Waals surface area (Å²) in [5.41, 5.74) is 0. The fourth-order valence-corrected chi connectivity index (χ4v) is 1.79. The molecule has 4 N–H and O–H groups in total. The zero-order chi connectivity index (χ0) is 9.30. The summed E-state index contributed by atoms with van der Waals surface area (Å²) in [6.45, 7) is -0.408. The monoisotopic (exact) mass is 240 g/mol. The predicted molar refractivity (Wildman–Crippen MR) is 42.3 cm³/mol. The van der Waals surface area contributed by atoms with E-state index < -0.39 is 35.9 Å². The number of ether oxygens (including phenoxy) is 1. The summed E-state index contributed by atoms with van der Waals surface area (Å²) in [4.78, 5) is 0. The van der Waals surface area contributed by atoms with Crippen molar-refractivity contribution < 1.29 is 25.2 Å². The summed E-state index contributed by atoms with van der Waals surface area (Å²) in [7, 11) is 0. The van der Waals surface area contributed by atoms with E-state index in [0.29, 0.717) is 0 Å². The average molecular weight is 240 g/mol. The molecule has 1 saturated heterocycles. The Bertz CT molecular complexity index is 150. The van der Waals surface area contributed by atoms with Gasteiger partial charge in [0.15, 0.2) is 0 Å². The fraction of sp³-hybridized carbons (Fsp3) is 1.00. The molecular weight excluding hydrogens is 227 g/mol. The molecule has 1 aliphatic heterocycles. The second-order valence-corrected chi connectivity index (χ2v) is 4.42. The van der Waals surface area contributed by atoms with Crippen LogP contribution >= 0.6 is 0 Å². The number of rotatable bonds is 1. The number of hydrogen-bond acceptors (Lipinski definition) is 5. The van der Waals surface area contributed by atoms with Gasteiger partial charge in [-0.15, -0.1) is 0 Å². The molecule has 0 aromatic carbocycles. The van der Waals surface area contributed by atoms with E-state index in [0.717, 1.165) is 16.9 Å². The van der Waals surface area contributed by atoms with Crippen LogP contribution in [-0.2, 0) is 4.74 Å². The van der Waals surface area contributed by atoms with Crippen LogP contribution in [-0.4, -0.2) is 68.5 Å². The van der Waals surface area contributed by atoms with Crippen LogP contribution < -0.4 is 0 Å². The van der Waals surface area contributed by atoms with Gasteiger partial charge in [-0.3, -0.25) is 0 Å². The molecule has 1 aliphatic rings. The van der Waals surface area contributed by atoms with E-state index in [1.54, 1.807) is 0 Å². The first-order valence-corrected chi connectivity index (χ1v) is 5.04. The molecule has 12 heavy (non-hydrogen) atoms. The third-order valence-electron chi connectivity index (χ3n) is 1.95. The van der Waals surface area contributed by atoms with Crippen LogP contribution in [0.5, 0.6) is 0 Å². The van der Waals surface area contributed by atoms with Gasteiger partial charge in [-0.2, -0.15) is 0 Å². The number of aliphatic hydroxyl groups is 4. The molecule has 1 heterocycles. The van der Waals surface area contributed by atoms with Crippen LogP contribution in [0.2, 0.25) is 4.71 Å². The molecule has 72 valence electrons. The van der Waals surface area contributed by atoms with Gasteiger partial charge in [0, 0.05) is 0 Å². The van der Waals surface area contributed by atoms with E-state index in [9.17, 15) is 15.3 Å². The van der Waals surface area contributed by atoms with Crippen LogP contribution in [0.15, 0.2) is 0 Å². The van der Waals surface area contributed by atoms with Crippen molar-refractivity contribution in [1.29, 1.82) is 0 Å². The van der Waals surface area contributed by atoms with Gasteiger partial charge in [-0.25, -0.2) is 0 Å². The van der Waals surface area contributed by atoms with Gasteiger partial charge < -0.3 is 0 Å². The number of hydrogen-bond donors (Lipinski definition) is 4. The average Bonchev–Trinajstić information content (AvgIpc) is 2.08. The summed E-state index contributed by atoms with van der Waals surface area (Å²) < 4.78 is 4.36. The summed E-state index contributed by atoms with van der Waals surface area (Å²) in [6, 6.07) is 0. The zero-order valence-electron chi connectivity index (χ0n) is 6.37. The van der Waals surface area contributed by atoms with Gasteiger partial charge in [0.2, 0.25) is 0 Å². The number of aliphatic hydroxyl groups excluding tert-OH is 4. The molecule has 6 heteroatoms. The van der Waals surface area contributed by atoms with Gasteiger partial charge in [-0.1, -0.05) is 0 Å². The maximum absolute atomic E-state index is 9.33. The van der Waals surface area contributed by atoms with Crippen molar-refractivity contribution in [1.82, 2.24) is 0 Å². The third-order valence-corrected chi connectivity index (χ3v) is 3.47. The Morgan fingerprint density at radius 2 is 1.75 bits per heavy atom. The Morgan fingerprint density at radius 3 is 2.25 bits per heavy atom. The Kier molecular flexibility index (Phi) is 3.52. The van der Waals surface area contributed by atoms with Crippen molar-refractivity contribution in [2.24, 2.45) is 0 Å². The van der Waals surface area contributed by atoms with Crippen LogP contribution in [0.4, 0.5) is 0 Å². The molecule has 1 rings (SSSR count). The summed E-state index contributed by atoms with van der Waals surface area (Å²) >= 11 is 1.10. The Hall–Kier alpha value is 0.358. The molecule has 0 bridgehead atoms. The maximum atomic E-state index is 9.33. The molecule has 0 saturated carbocycles. The van der Waals surface area contributed by atoms with Crippen LogP contribution in [0, 0.1) is 0 Å². The minimum atomic E-state index is -1.12. The van der Waals surface area contributed by atoms with Crippen LogP contribution in [0.1, 0.15) is 0 Å². The Morgan fingerprint density at radius 1 is 1.17 bits per heavy atom. The summed E-state index contributed by atoms with van der Waals surface area (Å²) in [5, 5.41) is 36.5. The summed E-state index contributed by atoms with van der Waals surface area (Å²) in [6.07, 6.45) is -4.12. The van der Waals surface area contributed by atoms with E-state index in [2.05, 4.69) is 0 Å². The molecule has 0 aromatic rings. The molecular formula is C6H13AsO5. The van der Waals surface area contributed by atoms with Gasteiger partial charge in [-0.05, 0) is 0 Å². The topological polar surface area (TPSA) is 90.2 Å². The molecule has 5 nitrogen and oxygen atoms in total. The van der Waals surface area contributed by atoms with Crippen molar-refractivity contribution in [3.8, 4) is 0 Å². The summed E-state index contributed by atoms with van der Waals surface area (Å²) in [5.74, 6) is 0. The second kappa shape index (κ2) is 4.04. The molecule has 6 atom stereocenters. The predicted octanol–water partition coefficient (Wildman–Crippen LogP) is -3.16. The van der Waals surface area contributed by atoms with Crippen molar-refractivity contribution in [3.05, 3.63) is 0 Å². The van der Waals surface area contributed by atoms with Crippen molar-refractivity contribution in [3.63, 3.8) is 0 Å². The first-order chi connectivity index (χ1) is 5.57. The van der Waals surface area contributed by atoms with E-state index in [1.807, 2.05) is 0 Å². The first-order valence-electron chi connectivity index (χ1n) is 3.64. The fourth-order valence-electron chi connectivity index (χ4n) is 1.12. The normalized spacial score (nSPS) is 49.2. The van der Waals surface area contributed by atoms with Crippen LogP contribution in [0.3, 0.4) is 0 Å². The van der Waals surface area contributed by atoms with E-state index in [-0.39, 0.29) is 0 Å². The molecule has 0 amide bonds. The van der Waals surface area contributed by atoms with Gasteiger partial charge in [0.25, 0.3) is 0 Å². The van der Waals surface area contributed by atoms with Gasteiger partial charge in [0.1, 0.15) is 0 Å². The van der Waals surface area contributed by atoms with Gasteiger partial charge >= 0.3 is 77.9 Å². The first kappa shape index (κ1) is 10.4. The third kappa shape index (κ3) is 1.81.